The van der Waals surface area contributed by atoms with Crippen LogP contribution < -0.4 is 10.9 Å². The van der Waals surface area contributed by atoms with E-state index in [-0.39, 0.29) is 17.4 Å². The molecule has 144 valence electrons. The molecular weight excluding hydrogens is 362 g/mol. The molecule has 0 unspecified atom stereocenters. The number of fused-ring (bicyclic) bond motifs is 1. The molecule has 1 heterocycles. The number of H-pyrrole nitrogens is 1. The highest BCUT2D eigenvalue weighted by atomic mass is 16.2. The van der Waals surface area contributed by atoms with Gasteiger partial charge in [-0.15, -0.1) is 0 Å². The van der Waals surface area contributed by atoms with E-state index in [0.717, 1.165) is 17.5 Å². The van der Waals surface area contributed by atoms with Gasteiger partial charge in [-0.2, -0.15) is 0 Å². The lowest BCUT2D eigenvalue weighted by Crippen LogP contribution is -2.20. The maximum Gasteiger partial charge on any atom is 0.259 e. The highest BCUT2D eigenvalue weighted by Crippen LogP contribution is 2.23. The summed E-state index contributed by atoms with van der Waals surface area (Å²) in [6.07, 6.45) is 0.718. The van der Waals surface area contributed by atoms with E-state index in [2.05, 4.69) is 15.3 Å². The Balaban J connectivity index is 1.55. The zero-order valence-corrected chi connectivity index (χ0v) is 16.1. The summed E-state index contributed by atoms with van der Waals surface area (Å²) in [6, 6.07) is 24.3. The van der Waals surface area contributed by atoms with Gasteiger partial charge in [-0.3, -0.25) is 9.59 Å². The second-order valence-electron chi connectivity index (χ2n) is 6.87. The van der Waals surface area contributed by atoms with Crippen molar-refractivity contribution in [1.82, 2.24) is 9.97 Å². The Morgan fingerprint density at radius 1 is 0.966 bits per heavy atom. The van der Waals surface area contributed by atoms with Crippen LogP contribution in [0.1, 0.15) is 24.8 Å². The van der Waals surface area contributed by atoms with Gasteiger partial charge in [0.2, 0.25) is 5.91 Å². The van der Waals surface area contributed by atoms with E-state index in [4.69, 9.17) is 0 Å². The summed E-state index contributed by atoms with van der Waals surface area (Å²) in [7, 11) is 0. The normalized spacial score (nSPS) is 11.9. The lowest BCUT2D eigenvalue weighted by atomic mass is 9.95. The molecule has 0 saturated carbocycles. The highest BCUT2D eigenvalue weighted by Gasteiger charge is 2.18. The van der Waals surface area contributed by atoms with Gasteiger partial charge in [0.25, 0.3) is 5.56 Å². The molecule has 29 heavy (non-hydrogen) atoms. The molecule has 4 aromatic rings. The summed E-state index contributed by atoms with van der Waals surface area (Å²) in [4.78, 5) is 32.4. The van der Waals surface area contributed by atoms with Crippen molar-refractivity contribution in [3.63, 3.8) is 0 Å². The zero-order valence-electron chi connectivity index (χ0n) is 16.1. The van der Waals surface area contributed by atoms with Crippen LogP contribution in [0.5, 0.6) is 0 Å². The second kappa shape index (κ2) is 8.10. The van der Waals surface area contributed by atoms with Gasteiger partial charge in [0.1, 0.15) is 5.82 Å². The maximum atomic E-state index is 12.7. The monoisotopic (exact) mass is 383 g/mol. The Kier molecular flexibility index (Phi) is 5.20. The fourth-order valence-electron chi connectivity index (χ4n) is 3.42. The standard InChI is InChI=1S/C24H21N3O2/c1-2-19(16-8-4-3-5-9-16)23(28)25-18-14-12-17(13-15-18)22-26-21-11-7-6-10-20(21)24(29)27-22/h3-15,19H,2H2,1H3,(H,25,28)(H,26,27,29)/t19-/m0/s1. The molecule has 1 atom stereocenters. The second-order valence-corrected chi connectivity index (χ2v) is 6.87. The van der Waals surface area contributed by atoms with Crippen molar-refractivity contribution < 1.29 is 4.79 Å². The van der Waals surface area contributed by atoms with Crippen LogP contribution in [0.2, 0.25) is 0 Å². The molecule has 0 spiro atoms. The molecule has 1 amide bonds. The number of aromatic nitrogens is 2. The number of nitrogens with one attached hydrogen (secondary N) is 2. The first-order valence-electron chi connectivity index (χ1n) is 9.61. The van der Waals surface area contributed by atoms with Crippen LogP contribution in [-0.2, 0) is 4.79 Å². The van der Waals surface area contributed by atoms with E-state index < -0.39 is 0 Å². The largest absolute Gasteiger partial charge is 0.326 e. The van der Waals surface area contributed by atoms with Crippen LogP contribution in [0.15, 0.2) is 83.7 Å². The van der Waals surface area contributed by atoms with Gasteiger partial charge in [-0.1, -0.05) is 49.4 Å². The molecule has 0 aliphatic heterocycles. The third-order valence-electron chi connectivity index (χ3n) is 4.97. The summed E-state index contributed by atoms with van der Waals surface area (Å²) < 4.78 is 0. The molecule has 3 aromatic carbocycles. The molecule has 0 fully saturated rings. The minimum absolute atomic E-state index is 0.0383. The summed E-state index contributed by atoms with van der Waals surface area (Å²) in [6.45, 7) is 2.00. The topological polar surface area (TPSA) is 74.8 Å². The number of para-hydroxylation sites is 1. The minimum Gasteiger partial charge on any atom is -0.326 e. The van der Waals surface area contributed by atoms with Gasteiger partial charge < -0.3 is 10.3 Å². The Hall–Kier alpha value is -3.73. The van der Waals surface area contributed by atoms with E-state index in [1.54, 1.807) is 6.07 Å². The van der Waals surface area contributed by atoms with Crippen molar-refractivity contribution in [2.24, 2.45) is 0 Å². The highest BCUT2D eigenvalue weighted by molar-refractivity contribution is 5.96. The summed E-state index contributed by atoms with van der Waals surface area (Å²) in [5.41, 5.74) is 2.97. The summed E-state index contributed by atoms with van der Waals surface area (Å²) in [5, 5.41) is 3.54. The van der Waals surface area contributed by atoms with Crippen LogP contribution in [-0.4, -0.2) is 15.9 Å². The number of carbonyl (C=O) groups is 1. The van der Waals surface area contributed by atoms with Gasteiger partial charge in [0, 0.05) is 11.3 Å². The average molecular weight is 383 g/mol. The van der Waals surface area contributed by atoms with Crippen LogP contribution in [0.4, 0.5) is 5.69 Å². The van der Waals surface area contributed by atoms with E-state index in [1.807, 2.05) is 79.7 Å². The summed E-state index contributed by atoms with van der Waals surface area (Å²) >= 11 is 0. The van der Waals surface area contributed by atoms with E-state index in [9.17, 15) is 9.59 Å². The molecular formula is C24H21N3O2. The third kappa shape index (κ3) is 3.94. The molecule has 0 aliphatic carbocycles. The zero-order chi connectivity index (χ0) is 20.2. The number of anilines is 1. The Labute approximate surface area is 168 Å². The van der Waals surface area contributed by atoms with Gasteiger partial charge in [0.15, 0.2) is 0 Å². The summed E-state index contributed by atoms with van der Waals surface area (Å²) in [5.74, 6) is 0.264. The van der Waals surface area contributed by atoms with Crippen LogP contribution >= 0.6 is 0 Å². The SMILES string of the molecule is CC[C@H](C(=O)Nc1ccc(-c2nc3ccccc3c(=O)[nH]2)cc1)c1ccccc1. The minimum atomic E-state index is -0.200. The molecule has 0 radical (unpaired) electrons. The predicted molar refractivity (Wildman–Crippen MR) is 116 cm³/mol. The smallest absolute Gasteiger partial charge is 0.259 e. The van der Waals surface area contributed by atoms with Gasteiger partial charge >= 0.3 is 0 Å². The van der Waals surface area contributed by atoms with E-state index in [0.29, 0.717) is 22.4 Å². The fourth-order valence-corrected chi connectivity index (χ4v) is 3.42. The maximum absolute atomic E-state index is 12.7. The van der Waals surface area contributed by atoms with Crippen molar-refractivity contribution in [3.05, 3.63) is 94.8 Å². The number of nitrogens with zero attached hydrogens (tertiary/aromatic N) is 1. The predicted octanol–water partition coefficient (Wildman–Crippen LogP) is 4.72. The average Bonchev–Trinajstić information content (AvgIpc) is 2.75. The van der Waals surface area contributed by atoms with E-state index in [1.165, 1.54) is 0 Å². The molecule has 2 N–H and O–H groups in total. The van der Waals surface area contributed by atoms with Crippen LogP contribution in [0.3, 0.4) is 0 Å². The first-order chi connectivity index (χ1) is 14.2. The molecule has 5 heteroatoms. The van der Waals surface area contributed by atoms with Crippen molar-refractivity contribution >= 4 is 22.5 Å². The number of rotatable bonds is 5. The van der Waals surface area contributed by atoms with Gasteiger partial charge in [-0.25, -0.2) is 4.98 Å². The molecule has 0 bridgehead atoms. The van der Waals surface area contributed by atoms with Gasteiger partial charge in [-0.05, 0) is 48.4 Å². The van der Waals surface area contributed by atoms with Crippen molar-refractivity contribution in [1.29, 1.82) is 0 Å². The molecule has 0 saturated heterocycles. The number of hydrogen-bond acceptors (Lipinski definition) is 3. The van der Waals surface area contributed by atoms with Crippen molar-refractivity contribution in [2.75, 3.05) is 5.32 Å². The number of hydrogen-bond donors (Lipinski definition) is 2. The van der Waals surface area contributed by atoms with Crippen LogP contribution in [0, 0.1) is 0 Å². The Morgan fingerprint density at radius 3 is 2.38 bits per heavy atom. The number of aromatic amines is 1. The fraction of sp³-hybridized carbons (Fsp3) is 0.125. The first kappa shape index (κ1) is 18.6. The van der Waals surface area contributed by atoms with E-state index >= 15 is 0 Å². The lowest BCUT2D eigenvalue weighted by Gasteiger charge is -2.15. The lowest BCUT2D eigenvalue weighted by molar-refractivity contribution is -0.117. The molecule has 4 rings (SSSR count). The quantitative estimate of drug-likeness (QED) is 0.523. The molecule has 0 aliphatic rings. The third-order valence-corrected chi connectivity index (χ3v) is 4.97. The number of carbonyl (C=O) groups excluding carboxylic acids is 1. The Morgan fingerprint density at radius 2 is 1.66 bits per heavy atom. The Bertz CT molecular complexity index is 1200. The van der Waals surface area contributed by atoms with Crippen LogP contribution in [0.25, 0.3) is 22.3 Å². The molecule has 1 aromatic heterocycles. The first-order valence-corrected chi connectivity index (χ1v) is 9.61. The van der Waals surface area contributed by atoms with Gasteiger partial charge in [0.05, 0.1) is 16.8 Å². The number of amides is 1. The number of benzene rings is 3. The van der Waals surface area contributed by atoms with Crippen molar-refractivity contribution in [2.45, 2.75) is 19.3 Å². The molecule has 5 nitrogen and oxygen atoms in total. The van der Waals surface area contributed by atoms with Crippen molar-refractivity contribution in [3.8, 4) is 11.4 Å².